The Bertz CT molecular complexity index is 1630. The first-order chi connectivity index (χ1) is 19.8. The molecule has 0 amide bonds. The van der Waals surface area contributed by atoms with Crippen LogP contribution in [0, 0.1) is 35.1 Å². The number of alkyl halides is 5. The van der Waals surface area contributed by atoms with Crippen molar-refractivity contribution in [3.8, 4) is 34.5 Å². The van der Waals surface area contributed by atoms with Crippen molar-refractivity contribution < 1.29 is 49.0 Å². The van der Waals surface area contributed by atoms with Gasteiger partial charge in [-0.25, -0.2) is 22.5 Å². The second-order valence-electron chi connectivity index (χ2n) is 8.82. The fourth-order valence-corrected chi connectivity index (χ4v) is 3.83. The highest BCUT2D eigenvalue weighted by Gasteiger charge is 2.39. The minimum atomic E-state index is -5.45. The van der Waals surface area contributed by atoms with Crippen LogP contribution in [0.5, 0.6) is 11.5 Å². The van der Waals surface area contributed by atoms with Crippen LogP contribution in [0.25, 0.3) is 11.1 Å². The molecular formula is C30H18F9NO2. The van der Waals surface area contributed by atoms with Gasteiger partial charge in [0.15, 0.2) is 11.6 Å². The molecule has 0 atom stereocenters. The number of pyridine rings is 1. The molecule has 12 heteroatoms. The van der Waals surface area contributed by atoms with Crippen molar-refractivity contribution in [2.24, 2.45) is 0 Å². The Balaban J connectivity index is 1.52. The van der Waals surface area contributed by atoms with Gasteiger partial charge in [-0.15, -0.1) is 13.2 Å². The second-order valence-corrected chi connectivity index (χ2v) is 8.82. The Morgan fingerprint density at radius 3 is 2.02 bits per heavy atom. The molecule has 0 aliphatic rings. The number of hydrogen-bond acceptors (Lipinski definition) is 3. The zero-order valence-corrected chi connectivity index (χ0v) is 21.4. The first-order valence-electron chi connectivity index (χ1n) is 12.1. The molecule has 4 rings (SSSR count). The maximum Gasteiger partial charge on any atom is 0.573 e. The van der Waals surface area contributed by atoms with E-state index in [4.69, 9.17) is 0 Å². The van der Waals surface area contributed by atoms with Crippen LogP contribution in [0.15, 0.2) is 66.9 Å². The van der Waals surface area contributed by atoms with Crippen molar-refractivity contribution in [3.05, 3.63) is 113 Å². The topological polar surface area (TPSA) is 31.4 Å². The molecule has 0 radical (unpaired) electrons. The molecule has 0 spiro atoms. The summed E-state index contributed by atoms with van der Waals surface area (Å²) >= 11 is 0. The molecule has 1 aromatic heterocycles. The average Bonchev–Trinajstić information content (AvgIpc) is 2.90. The lowest BCUT2D eigenvalue weighted by Crippen LogP contribution is -2.24. The molecule has 0 fully saturated rings. The third-order valence-corrected chi connectivity index (χ3v) is 5.70. The van der Waals surface area contributed by atoms with Crippen molar-refractivity contribution in [1.29, 1.82) is 0 Å². The highest BCUT2D eigenvalue weighted by atomic mass is 19.4. The van der Waals surface area contributed by atoms with E-state index in [1.807, 2.05) is 13.0 Å². The molecule has 0 bridgehead atoms. The maximum absolute atomic E-state index is 14.8. The maximum atomic E-state index is 14.8. The van der Waals surface area contributed by atoms with Crippen molar-refractivity contribution >= 4 is 0 Å². The van der Waals surface area contributed by atoms with Gasteiger partial charge in [0.05, 0.1) is 5.56 Å². The summed E-state index contributed by atoms with van der Waals surface area (Å²) in [5.41, 5.74) is 0.153. The van der Waals surface area contributed by atoms with Crippen LogP contribution in [-0.4, -0.2) is 11.3 Å². The highest BCUT2D eigenvalue weighted by Crippen LogP contribution is 2.38. The van der Waals surface area contributed by atoms with Gasteiger partial charge >= 0.3 is 12.5 Å². The molecule has 42 heavy (non-hydrogen) atoms. The van der Waals surface area contributed by atoms with Crippen molar-refractivity contribution in [2.75, 3.05) is 0 Å². The second kappa shape index (κ2) is 12.1. The fourth-order valence-electron chi connectivity index (χ4n) is 3.83. The SMILES string of the molecule is CCCc1ccc(C#Cc2ccc(-c3ccc(C(F)(F)Oc4cc(F)c(OC(F)(F)F)c(F)c4)c(F)c3)c(F)c2)nc1. The fraction of sp³-hybridized carbons (Fsp3) is 0.167. The lowest BCUT2D eigenvalue weighted by molar-refractivity contribution is -0.276. The summed E-state index contributed by atoms with van der Waals surface area (Å²) in [6.45, 7) is 2.04. The molecular weight excluding hydrogens is 577 g/mol. The zero-order chi connectivity index (χ0) is 30.7. The van der Waals surface area contributed by atoms with Gasteiger partial charge in [-0.3, -0.25) is 0 Å². The van der Waals surface area contributed by atoms with Crippen LogP contribution >= 0.6 is 0 Å². The first kappa shape index (κ1) is 30.3. The van der Waals surface area contributed by atoms with Gasteiger partial charge in [0.25, 0.3) is 0 Å². The number of halogens is 9. The summed E-state index contributed by atoms with van der Waals surface area (Å²) in [6, 6.07) is 9.57. The predicted molar refractivity (Wildman–Crippen MR) is 134 cm³/mol. The van der Waals surface area contributed by atoms with Gasteiger partial charge in [-0.1, -0.05) is 37.5 Å². The Hall–Kier alpha value is -4.66. The van der Waals surface area contributed by atoms with E-state index in [1.165, 1.54) is 12.1 Å². The minimum Gasteiger partial charge on any atom is -0.429 e. The van der Waals surface area contributed by atoms with Crippen LogP contribution < -0.4 is 9.47 Å². The molecule has 0 N–H and O–H groups in total. The van der Waals surface area contributed by atoms with Crippen LogP contribution in [0.2, 0.25) is 0 Å². The van der Waals surface area contributed by atoms with Gasteiger partial charge in [-0.05, 0) is 53.8 Å². The van der Waals surface area contributed by atoms with Gasteiger partial charge in [-0.2, -0.15) is 8.78 Å². The summed E-state index contributed by atoms with van der Waals surface area (Å²) in [5.74, 6) is -3.93. The summed E-state index contributed by atoms with van der Waals surface area (Å²) in [4.78, 5) is 4.22. The molecule has 4 aromatic rings. The van der Waals surface area contributed by atoms with E-state index >= 15 is 0 Å². The quantitative estimate of drug-likeness (QED) is 0.158. The van der Waals surface area contributed by atoms with Crippen molar-refractivity contribution in [2.45, 2.75) is 32.2 Å². The predicted octanol–water partition coefficient (Wildman–Crippen LogP) is 8.68. The van der Waals surface area contributed by atoms with E-state index in [-0.39, 0.29) is 28.8 Å². The van der Waals surface area contributed by atoms with Crippen LogP contribution in [0.4, 0.5) is 39.5 Å². The first-order valence-corrected chi connectivity index (χ1v) is 12.1. The van der Waals surface area contributed by atoms with Crippen LogP contribution in [0.3, 0.4) is 0 Å². The Kier molecular flexibility index (Phi) is 8.70. The number of benzene rings is 3. The summed E-state index contributed by atoms with van der Waals surface area (Å²) in [6.07, 6.45) is -6.45. The smallest absolute Gasteiger partial charge is 0.429 e. The van der Waals surface area contributed by atoms with E-state index in [2.05, 4.69) is 26.3 Å². The van der Waals surface area contributed by atoms with Crippen LogP contribution in [-0.2, 0) is 12.5 Å². The van der Waals surface area contributed by atoms with E-state index in [0.717, 1.165) is 30.5 Å². The van der Waals surface area contributed by atoms with E-state index in [0.29, 0.717) is 17.8 Å². The molecule has 218 valence electrons. The monoisotopic (exact) mass is 595 g/mol. The molecule has 0 unspecified atom stereocenters. The molecule has 3 aromatic carbocycles. The molecule has 0 aliphatic carbocycles. The van der Waals surface area contributed by atoms with E-state index in [9.17, 15) is 39.5 Å². The number of nitrogens with zero attached hydrogens (tertiary/aromatic N) is 1. The molecule has 0 saturated carbocycles. The normalized spacial score (nSPS) is 11.6. The third kappa shape index (κ3) is 7.34. The lowest BCUT2D eigenvalue weighted by Gasteiger charge is -2.20. The lowest BCUT2D eigenvalue weighted by atomic mass is 10.0. The number of aromatic nitrogens is 1. The van der Waals surface area contributed by atoms with Gasteiger partial charge in [0, 0.05) is 29.5 Å². The van der Waals surface area contributed by atoms with E-state index in [1.54, 1.807) is 12.3 Å². The van der Waals surface area contributed by atoms with Gasteiger partial charge < -0.3 is 9.47 Å². The highest BCUT2D eigenvalue weighted by molar-refractivity contribution is 5.66. The Morgan fingerprint density at radius 2 is 1.45 bits per heavy atom. The van der Waals surface area contributed by atoms with Crippen molar-refractivity contribution in [3.63, 3.8) is 0 Å². The molecule has 0 saturated heterocycles. The largest absolute Gasteiger partial charge is 0.573 e. The molecule has 1 heterocycles. The zero-order valence-electron chi connectivity index (χ0n) is 21.4. The third-order valence-electron chi connectivity index (χ3n) is 5.70. The molecule has 0 aliphatic heterocycles. The number of ether oxygens (including phenoxy) is 2. The minimum absolute atomic E-state index is 0.0156. The standard InChI is InChI=1S/C30H18F9NO2/c1-2-3-18-5-9-20(40-16-18)8-4-17-6-10-22(24(31)12-17)19-7-11-23(25(32)13-19)29(35,36)41-21-14-26(33)28(27(34)15-21)42-30(37,38)39/h5-7,9-16H,2-3H2,1H3. The number of hydrogen-bond donors (Lipinski definition) is 0. The number of aryl methyl sites for hydroxylation is 1. The Labute approximate surface area is 233 Å². The van der Waals surface area contributed by atoms with Gasteiger partial charge in [0.2, 0.25) is 5.75 Å². The van der Waals surface area contributed by atoms with Gasteiger partial charge in [0.1, 0.15) is 23.1 Å². The molecule has 3 nitrogen and oxygen atoms in total. The number of rotatable bonds is 7. The van der Waals surface area contributed by atoms with Crippen molar-refractivity contribution in [1.82, 2.24) is 4.98 Å². The summed E-state index contributed by atoms with van der Waals surface area (Å²) < 4.78 is 131. The average molecular weight is 595 g/mol. The van der Waals surface area contributed by atoms with E-state index < -0.39 is 52.8 Å². The van der Waals surface area contributed by atoms with Crippen LogP contribution in [0.1, 0.15) is 35.7 Å². The summed E-state index contributed by atoms with van der Waals surface area (Å²) in [7, 11) is 0. The summed E-state index contributed by atoms with van der Waals surface area (Å²) in [5, 5.41) is 0. The Morgan fingerprint density at radius 1 is 0.738 bits per heavy atom.